The molecular formula is C8H11BrN2. The van der Waals surface area contributed by atoms with E-state index in [1.54, 1.807) is 18.6 Å². The average molecular weight is 215 g/mol. The molecule has 1 aromatic rings. The summed E-state index contributed by atoms with van der Waals surface area (Å²) in [6, 6.07) is 0. The zero-order chi connectivity index (χ0) is 8.10. The topological polar surface area (TPSA) is 25.8 Å². The standard InChI is InChI=1S/C8H11BrN2/c1-2-3-7(9)8-6-10-4-5-11-8/h4-7H,2-3H2,1H3. The summed E-state index contributed by atoms with van der Waals surface area (Å²) in [5.74, 6) is 0. The van der Waals surface area contributed by atoms with E-state index >= 15 is 0 Å². The smallest absolute Gasteiger partial charge is 0.0723 e. The molecule has 1 unspecified atom stereocenters. The summed E-state index contributed by atoms with van der Waals surface area (Å²) in [5.41, 5.74) is 1.02. The monoisotopic (exact) mass is 214 g/mol. The Morgan fingerprint density at radius 2 is 2.36 bits per heavy atom. The Labute approximate surface area is 75.2 Å². The minimum absolute atomic E-state index is 0.362. The molecule has 0 aliphatic carbocycles. The number of nitrogens with zero attached hydrogens (tertiary/aromatic N) is 2. The van der Waals surface area contributed by atoms with Crippen LogP contribution < -0.4 is 0 Å². The van der Waals surface area contributed by atoms with Gasteiger partial charge in [-0.2, -0.15) is 0 Å². The number of halogens is 1. The van der Waals surface area contributed by atoms with Crippen LogP contribution in [0.1, 0.15) is 30.3 Å². The van der Waals surface area contributed by atoms with Crippen LogP contribution in [-0.4, -0.2) is 9.97 Å². The second-order valence-corrected chi connectivity index (χ2v) is 3.49. The van der Waals surface area contributed by atoms with Crippen molar-refractivity contribution in [3.8, 4) is 0 Å². The molecule has 0 aliphatic heterocycles. The Morgan fingerprint density at radius 3 is 2.91 bits per heavy atom. The first-order valence-electron chi connectivity index (χ1n) is 3.74. The minimum Gasteiger partial charge on any atom is -0.261 e. The van der Waals surface area contributed by atoms with E-state index in [0.717, 1.165) is 18.5 Å². The predicted octanol–water partition coefficient (Wildman–Crippen LogP) is 2.71. The fraction of sp³-hybridized carbons (Fsp3) is 0.500. The van der Waals surface area contributed by atoms with E-state index in [4.69, 9.17) is 0 Å². The maximum absolute atomic E-state index is 4.19. The zero-order valence-corrected chi connectivity index (χ0v) is 8.08. The fourth-order valence-electron chi connectivity index (χ4n) is 0.874. The molecule has 1 aromatic heterocycles. The van der Waals surface area contributed by atoms with Gasteiger partial charge in [0.25, 0.3) is 0 Å². The van der Waals surface area contributed by atoms with Gasteiger partial charge in [-0.05, 0) is 6.42 Å². The summed E-state index contributed by atoms with van der Waals surface area (Å²) in [4.78, 5) is 8.55. The Morgan fingerprint density at radius 1 is 1.55 bits per heavy atom. The van der Waals surface area contributed by atoms with E-state index in [1.807, 2.05) is 0 Å². The molecule has 0 N–H and O–H groups in total. The summed E-state index contributed by atoms with van der Waals surface area (Å²) in [6.45, 7) is 2.16. The van der Waals surface area contributed by atoms with E-state index in [9.17, 15) is 0 Å². The minimum atomic E-state index is 0.362. The molecule has 0 radical (unpaired) electrons. The molecule has 1 atom stereocenters. The summed E-state index contributed by atoms with van der Waals surface area (Å²) in [7, 11) is 0. The Kier molecular flexibility index (Phi) is 3.49. The molecule has 60 valence electrons. The molecule has 1 heterocycles. The Balaban J connectivity index is 2.61. The van der Waals surface area contributed by atoms with Crippen LogP contribution in [0.2, 0.25) is 0 Å². The van der Waals surface area contributed by atoms with Gasteiger partial charge in [0.15, 0.2) is 0 Å². The van der Waals surface area contributed by atoms with Gasteiger partial charge in [0, 0.05) is 18.6 Å². The van der Waals surface area contributed by atoms with Crippen molar-refractivity contribution in [2.24, 2.45) is 0 Å². The lowest BCUT2D eigenvalue weighted by Crippen LogP contribution is -1.93. The lowest BCUT2D eigenvalue weighted by Gasteiger charge is -2.05. The van der Waals surface area contributed by atoms with Crippen LogP contribution in [0.25, 0.3) is 0 Å². The van der Waals surface area contributed by atoms with Gasteiger partial charge in [0.2, 0.25) is 0 Å². The molecule has 1 rings (SSSR count). The molecule has 0 saturated carbocycles. The number of hydrogen-bond acceptors (Lipinski definition) is 2. The second kappa shape index (κ2) is 4.44. The van der Waals surface area contributed by atoms with E-state index in [0.29, 0.717) is 4.83 Å². The van der Waals surface area contributed by atoms with E-state index in [-0.39, 0.29) is 0 Å². The predicted molar refractivity (Wildman–Crippen MR) is 48.6 cm³/mol. The highest BCUT2D eigenvalue weighted by Crippen LogP contribution is 2.24. The highest BCUT2D eigenvalue weighted by molar-refractivity contribution is 9.09. The number of alkyl halides is 1. The molecule has 0 bridgehead atoms. The van der Waals surface area contributed by atoms with Crippen LogP contribution >= 0.6 is 15.9 Å². The van der Waals surface area contributed by atoms with Crippen molar-refractivity contribution in [3.63, 3.8) is 0 Å². The van der Waals surface area contributed by atoms with E-state index < -0.39 is 0 Å². The first kappa shape index (κ1) is 8.65. The second-order valence-electron chi connectivity index (χ2n) is 2.39. The van der Waals surface area contributed by atoms with Gasteiger partial charge in [-0.3, -0.25) is 9.97 Å². The van der Waals surface area contributed by atoms with Gasteiger partial charge in [-0.25, -0.2) is 0 Å². The van der Waals surface area contributed by atoms with Crippen molar-refractivity contribution >= 4 is 15.9 Å². The van der Waals surface area contributed by atoms with Crippen molar-refractivity contribution < 1.29 is 0 Å². The van der Waals surface area contributed by atoms with Crippen LogP contribution in [0.3, 0.4) is 0 Å². The van der Waals surface area contributed by atoms with Gasteiger partial charge < -0.3 is 0 Å². The highest BCUT2D eigenvalue weighted by Gasteiger charge is 2.05. The normalized spacial score (nSPS) is 12.9. The van der Waals surface area contributed by atoms with Gasteiger partial charge in [0.1, 0.15) is 0 Å². The quantitative estimate of drug-likeness (QED) is 0.724. The lowest BCUT2D eigenvalue weighted by molar-refractivity contribution is 0.765. The maximum Gasteiger partial charge on any atom is 0.0723 e. The van der Waals surface area contributed by atoms with Crippen LogP contribution in [0, 0.1) is 0 Å². The van der Waals surface area contributed by atoms with Crippen molar-refractivity contribution in [2.45, 2.75) is 24.6 Å². The van der Waals surface area contributed by atoms with Crippen molar-refractivity contribution in [1.82, 2.24) is 9.97 Å². The van der Waals surface area contributed by atoms with E-state index in [1.165, 1.54) is 0 Å². The summed E-state index contributed by atoms with van der Waals surface area (Å²) in [6.07, 6.45) is 7.48. The molecule has 0 amide bonds. The van der Waals surface area contributed by atoms with E-state index in [2.05, 4.69) is 32.8 Å². The number of hydrogen-bond donors (Lipinski definition) is 0. The van der Waals surface area contributed by atoms with Gasteiger partial charge in [0.05, 0.1) is 10.5 Å². The Hall–Kier alpha value is -0.440. The zero-order valence-electron chi connectivity index (χ0n) is 6.50. The van der Waals surface area contributed by atoms with Crippen LogP contribution in [0.5, 0.6) is 0 Å². The maximum atomic E-state index is 4.19. The largest absolute Gasteiger partial charge is 0.261 e. The van der Waals surface area contributed by atoms with Crippen molar-refractivity contribution in [2.75, 3.05) is 0 Å². The van der Waals surface area contributed by atoms with Crippen molar-refractivity contribution in [1.29, 1.82) is 0 Å². The summed E-state index contributed by atoms with van der Waals surface area (Å²) >= 11 is 3.54. The van der Waals surface area contributed by atoms with Crippen LogP contribution in [0.15, 0.2) is 18.6 Å². The molecule has 0 saturated heterocycles. The first-order valence-corrected chi connectivity index (χ1v) is 4.66. The van der Waals surface area contributed by atoms with Crippen molar-refractivity contribution in [3.05, 3.63) is 24.3 Å². The molecule has 0 fully saturated rings. The molecule has 3 heteroatoms. The third-order valence-corrected chi connectivity index (χ3v) is 2.37. The van der Waals surface area contributed by atoms with Gasteiger partial charge >= 0.3 is 0 Å². The number of rotatable bonds is 3. The third kappa shape index (κ3) is 2.58. The molecular weight excluding hydrogens is 204 g/mol. The molecule has 11 heavy (non-hydrogen) atoms. The van der Waals surface area contributed by atoms with Gasteiger partial charge in [-0.15, -0.1) is 0 Å². The average Bonchev–Trinajstić information content (AvgIpc) is 2.07. The molecule has 0 aliphatic rings. The van der Waals surface area contributed by atoms with Gasteiger partial charge in [-0.1, -0.05) is 29.3 Å². The van der Waals surface area contributed by atoms with Crippen LogP contribution in [-0.2, 0) is 0 Å². The SMILES string of the molecule is CCCC(Br)c1cnccn1. The number of aromatic nitrogens is 2. The first-order chi connectivity index (χ1) is 5.34. The molecule has 2 nitrogen and oxygen atoms in total. The van der Waals surface area contributed by atoms with Crippen LogP contribution in [0.4, 0.5) is 0 Å². The molecule has 0 spiro atoms. The highest BCUT2D eigenvalue weighted by atomic mass is 79.9. The Bertz CT molecular complexity index is 201. The fourth-order valence-corrected chi connectivity index (χ4v) is 1.57. The third-order valence-electron chi connectivity index (χ3n) is 1.45. The summed E-state index contributed by atoms with van der Waals surface area (Å²) in [5, 5.41) is 0. The molecule has 0 aromatic carbocycles. The summed E-state index contributed by atoms with van der Waals surface area (Å²) < 4.78 is 0. The lowest BCUT2D eigenvalue weighted by atomic mass is 10.2.